The van der Waals surface area contributed by atoms with Gasteiger partial charge in [-0.1, -0.05) is 34.1 Å². The predicted molar refractivity (Wildman–Crippen MR) is 53.8 cm³/mol. The third kappa shape index (κ3) is 2.22. The van der Waals surface area contributed by atoms with Crippen molar-refractivity contribution in [2.45, 2.75) is 5.33 Å². The second-order valence-electron chi connectivity index (χ2n) is 1.97. The quantitative estimate of drug-likeness (QED) is 0.429. The summed E-state index contributed by atoms with van der Waals surface area (Å²) in [6.07, 6.45) is 0. The van der Waals surface area contributed by atoms with Crippen LogP contribution in [0.5, 0.6) is 0 Å². The van der Waals surface area contributed by atoms with Crippen molar-refractivity contribution in [2.24, 2.45) is 4.99 Å². The highest BCUT2D eigenvalue weighted by Gasteiger charge is 1.95. The average molecular weight is 228 g/mol. The number of rotatable bonds is 2. The van der Waals surface area contributed by atoms with Crippen molar-refractivity contribution < 1.29 is 0 Å². The SMILES string of the molecule is S=C=Nc1ccccc1CBr. The zero-order valence-corrected chi connectivity index (χ0v) is 8.15. The summed E-state index contributed by atoms with van der Waals surface area (Å²) in [6.45, 7) is 0. The van der Waals surface area contributed by atoms with Crippen LogP contribution in [-0.4, -0.2) is 5.16 Å². The van der Waals surface area contributed by atoms with Crippen LogP contribution in [-0.2, 0) is 5.33 Å². The molecule has 0 aliphatic rings. The molecule has 0 radical (unpaired) electrons. The molecule has 0 spiro atoms. The van der Waals surface area contributed by atoms with Crippen molar-refractivity contribution >= 4 is 39.0 Å². The van der Waals surface area contributed by atoms with E-state index in [2.05, 4.69) is 38.3 Å². The molecule has 0 fully saturated rings. The summed E-state index contributed by atoms with van der Waals surface area (Å²) in [4.78, 5) is 3.91. The standard InChI is InChI=1S/C8H6BrNS/c9-5-7-3-1-2-4-8(7)10-6-11/h1-4H,5H2. The molecule has 1 nitrogen and oxygen atoms in total. The van der Waals surface area contributed by atoms with Gasteiger partial charge in [0, 0.05) is 5.33 Å². The summed E-state index contributed by atoms with van der Waals surface area (Å²) in [5.41, 5.74) is 2.02. The van der Waals surface area contributed by atoms with E-state index in [1.54, 1.807) is 0 Å². The van der Waals surface area contributed by atoms with Gasteiger partial charge in [0.05, 0.1) is 10.8 Å². The van der Waals surface area contributed by atoms with E-state index in [1.807, 2.05) is 24.3 Å². The highest BCUT2D eigenvalue weighted by molar-refractivity contribution is 9.08. The smallest absolute Gasteiger partial charge is 0.0780 e. The highest BCUT2D eigenvalue weighted by atomic mass is 79.9. The fraction of sp³-hybridized carbons (Fsp3) is 0.125. The Hall–Kier alpha value is -0.500. The Kier molecular flexibility index (Phi) is 3.43. The topological polar surface area (TPSA) is 12.4 Å². The molecule has 0 unspecified atom stereocenters. The van der Waals surface area contributed by atoms with Crippen LogP contribution in [0.3, 0.4) is 0 Å². The lowest BCUT2D eigenvalue weighted by atomic mass is 10.2. The Balaban J connectivity index is 3.11. The van der Waals surface area contributed by atoms with E-state index in [4.69, 9.17) is 0 Å². The molecular weight excluding hydrogens is 222 g/mol. The third-order valence-electron chi connectivity index (χ3n) is 1.30. The zero-order chi connectivity index (χ0) is 8.10. The Morgan fingerprint density at radius 2 is 2.18 bits per heavy atom. The first-order chi connectivity index (χ1) is 5.38. The average Bonchev–Trinajstić information content (AvgIpc) is 2.06. The number of alkyl halides is 1. The van der Waals surface area contributed by atoms with E-state index < -0.39 is 0 Å². The molecule has 0 saturated heterocycles. The molecule has 0 aliphatic carbocycles. The number of isothiocyanates is 1. The maximum atomic E-state index is 4.51. The second kappa shape index (κ2) is 4.39. The summed E-state index contributed by atoms with van der Waals surface area (Å²) in [6, 6.07) is 7.81. The van der Waals surface area contributed by atoms with Gasteiger partial charge in [0.25, 0.3) is 0 Å². The summed E-state index contributed by atoms with van der Waals surface area (Å²) >= 11 is 7.87. The van der Waals surface area contributed by atoms with E-state index in [0.29, 0.717) is 0 Å². The molecule has 1 rings (SSSR count). The molecule has 0 bridgehead atoms. The molecular formula is C8H6BrNS. The number of thiocarbonyl (C=S) groups is 1. The Morgan fingerprint density at radius 1 is 1.45 bits per heavy atom. The van der Waals surface area contributed by atoms with Crippen molar-refractivity contribution in [3.63, 3.8) is 0 Å². The van der Waals surface area contributed by atoms with E-state index in [-0.39, 0.29) is 0 Å². The maximum Gasteiger partial charge on any atom is 0.0780 e. The maximum absolute atomic E-state index is 4.51. The van der Waals surface area contributed by atoms with Gasteiger partial charge in [-0.25, -0.2) is 0 Å². The van der Waals surface area contributed by atoms with E-state index >= 15 is 0 Å². The largest absolute Gasteiger partial charge is 0.194 e. The van der Waals surface area contributed by atoms with Gasteiger partial charge in [-0.2, -0.15) is 4.99 Å². The molecule has 56 valence electrons. The van der Waals surface area contributed by atoms with E-state index in [9.17, 15) is 0 Å². The van der Waals surface area contributed by atoms with Gasteiger partial charge < -0.3 is 0 Å². The van der Waals surface area contributed by atoms with Crippen molar-refractivity contribution in [2.75, 3.05) is 0 Å². The summed E-state index contributed by atoms with van der Waals surface area (Å²) in [5, 5.41) is 3.14. The molecule has 1 aromatic rings. The highest BCUT2D eigenvalue weighted by Crippen LogP contribution is 2.19. The van der Waals surface area contributed by atoms with Gasteiger partial charge in [-0.3, -0.25) is 0 Å². The fourth-order valence-corrected chi connectivity index (χ4v) is 1.35. The number of hydrogen-bond donors (Lipinski definition) is 0. The van der Waals surface area contributed by atoms with Crippen molar-refractivity contribution in [1.29, 1.82) is 0 Å². The van der Waals surface area contributed by atoms with Gasteiger partial charge in [-0.05, 0) is 23.8 Å². The summed E-state index contributed by atoms with van der Waals surface area (Å²) in [5.74, 6) is 0. The lowest BCUT2D eigenvalue weighted by Crippen LogP contribution is -1.76. The summed E-state index contributed by atoms with van der Waals surface area (Å²) < 4.78 is 0. The zero-order valence-electron chi connectivity index (χ0n) is 5.75. The monoisotopic (exact) mass is 227 g/mol. The molecule has 0 aromatic heterocycles. The lowest BCUT2D eigenvalue weighted by Gasteiger charge is -1.97. The molecule has 1 aromatic carbocycles. The van der Waals surface area contributed by atoms with Crippen LogP contribution in [0.4, 0.5) is 5.69 Å². The molecule has 11 heavy (non-hydrogen) atoms. The number of aliphatic imine (C=N–C) groups is 1. The van der Waals surface area contributed by atoms with Crippen molar-refractivity contribution in [3.8, 4) is 0 Å². The molecule has 0 amide bonds. The second-order valence-corrected chi connectivity index (χ2v) is 2.71. The van der Waals surface area contributed by atoms with Crippen LogP contribution in [0.15, 0.2) is 29.3 Å². The van der Waals surface area contributed by atoms with Crippen LogP contribution in [0, 0.1) is 0 Å². The van der Waals surface area contributed by atoms with E-state index in [0.717, 1.165) is 16.6 Å². The molecule has 0 heterocycles. The van der Waals surface area contributed by atoms with Crippen LogP contribution in [0.2, 0.25) is 0 Å². The minimum absolute atomic E-state index is 0.795. The van der Waals surface area contributed by atoms with Gasteiger partial charge >= 0.3 is 0 Å². The van der Waals surface area contributed by atoms with Gasteiger partial charge in [-0.15, -0.1) is 0 Å². The Labute approximate surface area is 79.3 Å². The normalized spacial score (nSPS) is 8.82. The number of benzene rings is 1. The molecule has 3 heteroatoms. The first-order valence-electron chi connectivity index (χ1n) is 3.10. The first kappa shape index (κ1) is 8.60. The van der Waals surface area contributed by atoms with Crippen molar-refractivity contribution in [1.82, 2.24) is 0 Å². The number of hydrogen-bond acceptors (Lipinski definition) is 2. The van der Waals surface area contributed by atoms with Gasteiger partial charge in [0.1, 0.15) is 0 Å². The predicted octanol–water partition coefficient (Wildman–Crippen LogP) is 3.32. The lowest BCUT2D eigenvalue weighted by molar-refractivity contribution is 1.39. The van der Waals surface area contributed by atoms with Crippen LogP contribution >= 0.6 is 28.1 Å². The number of para-hydroxylation sites is 1. The molecule has 0 aliphatic heterocycles. The number of nitrogens with zero attached hydrogens (tertiary/aromatic N) is 1. The van der Waals surface area contributed by atoms with Crippen LogP contribution in [0.25, 0.3) is 0 Å². The third-order valence-corrected chi connectivity index (χ3v) is 2.00. The molecule has 0 saturated carbocycles. The van der Waals surface area contributed by atoms with Crippen LogP contribution in [0.1, 0.15) is 5.56 Å². The Bertz CT molecular complexity index is 292. The molecule has 0 atom stereocenters. The minimum atomic E-state index is 0.795. The summed E-state index contributed by atoms with van der Waals surface area (Å²) in [7, 11) is 0. The fourth-order valence-electron chi connectivity index (χ4n) is 0.782. The van der Waals surface area contributed by atoms with Crippen LogP contribution < -0.4 is 0 Å². The minimum Gasteiger partial charge on any atom is -0.194 e. The van der Waals surface area contributed by atoms with Gasteiger partial charge in [0.15, 0.2) is 0 Å². The Morgan fingerprint density at radius 3 is 2.82 bits per heavy atom. The van der Waals surface area contributed by atoms with Crippen molar-refractivity contribution in [3.05, 3.63) is 29.8 Å². The first-order valence-corrected chi connectivity index (χ1v) is 4.63. The van der Waals surface area contributed by atoms with E-state index in [1.165, 1.54) is 0 Å². The molecule has 0 N–H and O–H groups in total. The van der Waals surface area contributed by atoms with Gasteiger partial charge in [0.2, 0.25) is 0 Å². The number of halogens is 1.